The molecule has 35 heavy (non-hydrogen) atoms. The average molecular weight is 492 g/mol. The van der Waals surface area contributed by atoms with Crippen molar-refractivity contribution in [1.82, 2.24) is 24.5 Å². The predicted molar refractivity (Wildman–Crippen MR) is 142 cm³/mol. The number of nitrogens with one attached hydrogen (secondary N) is 1. The molecule has 1 aromatic carbocycles. The predicted octanol–water partition coefficient (Wildman–Crippen LogP) is 5.08. The van der Waals surface area contributed by atoms with Crippen LogP contribution in [0.1, 0.15) is 60.8 Å². The maximum atomic E-state index is 13.7. The van der Waals surface area contributed by atoms with Gasteiger partial charge in [-0.15, -0.1) is 11.3 Å². The van der Waals surface area contributed by atoms with E-state index in [1.165, 1.54) is 23.3 Å². The summed E-state index contributed by atoms with van der Waals surface area (Å²) in [5.74, 6) is -0.0785. The van der Waals surface area contributed by atoms with Crippen molar-refractivity contribution in [3.05, 3.63) is 68.2 Å². The Kier molecular flexibility index (Phi) is 7.50. The summed E-state index contributed by atoms with van der Waals surface area (Å²) in [5, 5.41) is 9.62. The highest BCUT2D eigenvalue weighted by molar-refractivity contribution is 7.15. The molecule has 1 N–H and O–H groups in total. The Hall–Kier alpha value is -3.26. The third kappa shape index (κ3) is 5.22. The largest absolute Gasteiger partial charge is 0.356 e. The van der Waals surface area contributed by atoms with Crippen molar-refractivity contribution in [1.29, 1.82) is 0 Å². The van der Waals surface area contributed by atoms with Gasteiger partial charge in [0.1, 0.15) is 5.69 Å². The monoisotopic (exact) mass is 491 g/mol. The molecular weight excluding hydrogens is 458 g/mol. The van der Waals surface area contributed by atoms with E-state index in [4.69, 9.17) is 5.10 Å². The molecule has 4 aromatic rings. The number of carbonyl (C=O) groups excluding carboxylic acids is 1. The van der Waals surface area contributed by atoms with Crippen LogP contribution in [0.3, 0.4) is 0 Å². The Morgan fingerprint density at radius 1 is 1.09 bits per heavy atom. The molecule has 0 saturated heterocycles. The topological polar surface area (TPSA) is 81.3 Å². The summed E-state index contributed by atoms with van der Waals surface area (Å²) in [7, 11) is 0. The number of rotatable bonds is 9. The SMILES string of the molecule is CCCCCCNC(=O)Cc1csc2nc(C)c(-c3cc(C)n(-c4ccc(C)cc4C)n3)c(=O)n12. The quantitative estimate of drug-likeness (QED) is 0.331. The van der Waals surface area contributed by atoms with Crippen LogP contribution in [0, 0.1) is 27.7 Å². The molecule has 3 heterocycles. The molecule has 0 aliphatic carbocycles. The lowest BCUT2D eigenvalue weighted by Crippen LogP contribution is -2.28. The van der Waals surface area contributed by atoms with Crippen molar-refractivity contribution in [2.45, 2.75) is 66.7 Å². The standard InChI is InChI=1S/C27H33N5O2S/c1-6-7-8-9-12-28-24(33)15-21-16-35-27-29-20(5)25(26(34)31(21)27)22-14-19(4)32(30-22)23-11-10-17(2)13-18(23)3/h10-11,13-14,16H,6-9,12,15H2,1-5H3,(H,28,33). The van der Waals surface area contributed by atoms with Gasteiger partial charge in [-0.25, -0.2) is 9.67 Å². The van der Waals surface area contributed by atoms with Crippen LogP contribution in [0.15, 0.2) is 34.4 Å². The van der Waals surface area contributed by atoms with E-state index in [1.54, 1.807) is 4.40 Å². The van der Waals surface area contributed by atoms with Crippen LogP contribution in [0.2, 0.25) is 0 Å². The average Bonchev–Trinajstić information content (AvgIpc) is 3.37. The van der Waals surface area contributed by atoms with E-state index in [0.717, 1.165) is 36.2 Å². The van der Waals surface area contributed by atoms with Crippen molar-refractivity contribution in [3.63, 3.8) is 0 Å². The lowest BCUT2D eigenvalue weighted by Gasteiger charge is -2.09. The molecule has 0 saturated carbocycles. The van der Waals surface area contributed by atoms with Crippen LogP contribution in [0.5, 0.6) is 0 Å². The first-order valence-electron chi connectivity index (χ1n) is 12.2. The molecule has 0 aliphatic heterocycles. The molecule has 0 spiro atoms. The van der Waals surface area contributed by atoms with E-state index >= 15 is 0 Å². The van der Waals surface area contributed by atoms with Crippen LogP contribution >= 0.6 is 11.3 Å². The molecule has 8 heteroatoms. The molecule has 0 fully saturated rings. The third-order valence-corrected chi connectivity index (χ3v) is 7.11. The number of benzene rings is 1. The number of amides is 1. The van der Waals surface area contributed by atoms with Crippen LogP contribution in [0.4, 0.5) is 0 Å². The van der Waals surface area contributed by atoms with E-state index in [0.29, 0.717) is 34.2 Å². The number of thiazole rings is 1. The fourth-order valence-electron chi connectivity index (χ4n) is 4.41. The second-order valence-corrected chi connectivity index (χ2v) is 10.0. The van der Waals surface area contributed by atoms with Gasteiger partial charge in [0, 0.05) is 23.3 Å². The molecule has 3 aromatic heterocycles. The van der Waals surface area contributed by atoms with Crippen molar-refractivity contribution < 1.29 is 4.79 Å². The Morgan fingerprint density at radius 3 is 2.63 bits per heavy atom. The highest BCUT2D eigenvalue weighted by Crippen LogP contribution is 2.25. The zero-order valence-electron chi connectivity index (χ0n) is 21.1. The summed E-state index contributed by atoms with van der Waals surface area (Å²) in [5.41, 5.74) is 6.37. The summed E-state index contributed by atoms with van der Waals surface area (Å²) in [4.78, 5) is 31.5. The summed E-state index contributed by atoms with van der Waals surface area (Å²) in [6.07, 6.45) is 4.56. The summed E-state index contributed by atoms with van der Waals surface area (Å²) in [6, 6.07) is 8.15. The van der Waals surface area contributed by atoms with E-state index < -0.39 is 0 Å². The van der Waals surface area contributed by atoms with Gasteiger partial charge in [0.05, 0.1) is 23.4 Å². The number of hydrogen-bond acceptors (Lipinski definition) is 5. The third-order valence-electron chi connectivity index (χ3n) is 6.24. The normalized spacial score (nSPS) is 11.3. The van der Waals surface area contributed by atoms with E-state index in [2.05, 4.69) is 43.2 Å². The van der Waals surface area contributed by atoms with Gasteiger partial charge < -0.3 is 5.32 Å². The second kappa shape index (κ2) is 10.6. The summed E-state index contributed by atoms with van der Waals surface area (Å²) in [6.45, 7) is 10.8. The first-order chi connectivity index (χ1) is 16.8. The molecule has 184 valence electrons. The van der Waals surface area contributed by atoms with Crippen LogP contribution < -0.4 is 10.9 Å². The zero-order chi connectivity index (χ0) is 25.1. The minimum Gasteiger partial charge on any atom is -0.356 e. The van der Waals surface area contributed by atoms with Gasteiger partial charge in [-0.2, -0.15) is 5.10 Å². The molecule has 0 atom stereocenters. The lowest BCUT2D eigenvalue weighted by molar-refractivity contribution is -0.120. The number of aromatic nitrogens is 4. The van der Waals surface area contributed by atoms with Gasteiger partial charge in [-0.05, 0) is 51.8 Å². The second-order valence-electron chi connectivity index (χ2n) is 9.18. The van der Waals surface area contributed by atoms with E-state index in [1.807, 2.05) is 36.0 Å². The van der Waals surface area contributed by atoms with Crippen molar-refractivity contribution in [3.8, 4) is 16.9 Å². The maximum Gasteiger partial charge on any atom is 0.268 e. The molecule has 0 aliphatic rings. The fourth-order valence-corrected chi connectivity index (χ4v) is 5.34. The molecule has 0 radical (unpaired) electrons. The van der Waals surface area contributed by atoms with Gasteiger partial charge in [0.25, 0.3) is 5.56 Å². The highest BCUT2D eigenvalue weighted by atomic mass is 32.1. The Labute approximate surface area is 209 Å². The first kappa shape index (κ1) is 24.9. The molecule has 1 amide bonds. The Balaban J connectivity index is 1.66. The number of nitrogens with zero attached hydrogens (tertiary/aromatic N) is 4. The van der Waals surface area contributed by atoms with Gasteiger partial charge in [0.15, 0.2) is 4.96 Å². The van der Waals surface area contributed by atoms with Gasteiger partial charge >= 0.3 is 0 Å². The van der Waals surface area contributed by atoms with Crippen molar-refractivity contribution >= 4 is 22.2 Å². The number of unbranched alkanes of at least 4 members (excludes halogenated alkanes) is 3. The molecule has 0 bridgehead atoms. The first-order valence-corrected chi connectivity index (χ1v) is 13.1. The zero-order valence-corrected chi connectivity index (χ0v) is 22.0. The van der Waals surface area contributed by atoms with E-state index in [9.17, 15) is 9.59 Å². The molecule has 4 rings (SSSR count). The summed E-state index contributed by atoms with van der Waals surface area (Å²) >= 11 is 1.38. The molecular formula is C27H33N5O2S. The number of hydrogen-bond donors (Lipinski definition) is 1. The van der Waals surface area contributed by atoms with Crippen LogP contribution in [0.25, 0.3) is 21.9 Å². The maximum absolute atomic E-state index is 13.7. The number of fused-ring (bicyclic) bond motifs is 1. The van der Waals surface area contributed by atoms with Gasteiger partial charge in [-0.3, -0.25) is 14.0 Å². The Morgan fingerprint density at radius 2 is 1.89 bits per heavy atom. The van der Waals surface area contributed by atoms with Crippen LogP contribution in [-0.2, 0) is 11.2 Å². The minimum atomic E-state index is -0.190. The highest BCUT2D eigenvalue weighted by Gasteiger charge is 2.20. The smallest absolute Gasteiger partial charge is 0.268 e. The number of carbonyl (C=O) groups is 1. The summed E-state index contributed by atoms with van der Waals surface area (Å²) < 4.78 is 3.44. The van der Waals surface area contributed by atoms with Crippen molar-refractivity contribution in [2.24, 2.45) is 0 Å². The van der Waals surface area contributed by atoms with Crippen LogP contribution in [-0.4, -0.2) is 31.6 Å². The van der Waals surface area contributed by atoms with Crippen molar-refractivity contribution in [2.75, 3.05) is 6.54 Å². The van der Waals surface area contributed by atoms with E-state index in [-0.39, 0.29) is 17.9 Å². The van der Waals surface area contributed by atoms with Gasteiger partial charge in [-0.1, -0.05) is 43.9 Å². The fraction of sp³-hybridized carbons (Fsp3) is 0.407. The Bertz CT molecular complexity index is 1430. The molecule has 7 nitrogen and oxygen atoms in total. The molecule has 0 unspecified atom stereocenters. The van der Waals surface area contributed by atoms with Gasteiger partial charge in [0.2, 0.25) is 5.91 Å². The number of aryl methyl sites for hydroxylation is 4. The lowest BCUT2D eigenvalue weighted by atomic mass is 10.1. The minimum absolute atomic E-state index is 0.0785.